The third kappa shape index (κ3) is 4.67. The van der Waals surface area contributed by atoms with Gasteiger partial charge in [-0.1, -0.05) is 23.7 Å². The first kappa shape index (κ1) is 14.1. The zero-order chi connectivity index (χ0) is 13.5. The summed E-state index contributed by atoms with van der Waals surface area (Å²) in [4.78, 5) is 0. The zero-order valence-electron chi connectivity index (χ0n) is 11.0. The number of rotatable bonds is 7. The molecule has 0 aliphatic rings. The van der Waals surface area contributed by atoms with E-state index in [0.29, 0.717) is 6.61 Å². The summed E-state index contributed by atoms with van der Waals surface area (Å²) in [5.74, 6) is 0. The van der Waals surface area contributed by atoms with Crippen LogP contribution in [-0.4, -0.2) is 30.0 Å². The maximum Gasteiger partial charge on any atom is 0.0762 e. The van der Waals surface area contributed by atoms with Gasteiger partial charge in [-0.2, -0.15) is 5.10 Å². The van der Waals surface area contributed by atoms with Crippen LogP contribution < -0.4 is 5.32 Å². The van der Waals surface area contributed by atoms with Crippen LogP contribution in [0.15, 0.2) is 36.5 Å². The number of nitrogens with zero attached hydrogens (tertiary/aromatic N) is 2. The summed E-state index contributed by atoms with van der Waals surface area (Å²) in [5.41, 5.74) is 2.17. The molecule has 2 aromatic rings. The Balaban J connectivity index is 1.87. The highest BCUT2D eigenvalue weighted by molar-refractivity contribution is 6.30. The monoisotopic (exact) mass is 279 g/mol. The molecule has 102 valence electrons. The molecule has 0 aliphatic heterocycles. The second-order valence-corrected chi connectivity index (χ2v) is 4.74. The molecule has 1 aromatic heterocycles. The van der Waals surface area contributed by atoms with Crippen LogP contribution >= 0.6 is 11.6 Å². The molecule has 1 N–H and O–H groups in total. The van der Waals surface area contributed by atoms with Gasteiger partial charge in [-0.25, -0.2) is 0 Å². The van der Waals surface area contributed by atoms with Crippen LogP contribution in [0.2, 0.25) is 5.02 Å². The van der Waals surface area contributed by atoms with Crippen LogP contribution in [0.4, 0.5) is 0 Å². The largest absolute Gasteiger partial charge is 0.383 e. The Morgan fingerprint density at radius 1 is 1.37 bits per heavy atom. The Kier molecular flexibility index (Phi) is 5.39. The van der Waals surface area contributed by atoms with E-state index in [0.717, 1.165) is 35.9 Å². The molecular weight excluding hydrogens is 262 g/mol. The fraction of sp³-hybridized carbons (Fsp3) is 0.357. The topological polar surface area (TPSA) is 39.1 Å². The second-order valence-electron chi connectivity index (χ2n) is 4.30. The summed E-state index contributed by atoms with van der Waals surface area (Å²) < 4.78 is 6.89. The van der Waals surface area contributed by atoms with Crippen molar-refractivity contribution in [3.8, 4) is 0 Å². The second kappa shape index (κ2) is 7.28. The SMILES string of the molecule is COCCNCc1ccn(Cc2cccc(Cl)c2)n1. The molecule has 0 atom stereocenters. The summed E-state index contributed by atoms with van der Waals surface area (Å²) in [7, 11) is 1.70. The van der Waals surface area contributed by atoms with E-state index >= 15 is 0 Å². The van der Waals surface area contributed by atoms with Crippen LogP contribution in [-0.2, 0) is 17.8 Å². The van der Waals surface area contributed by atoms with Gasteiger partial charge in [0.25, 0.3) is 0 Å². The molecule has 2 rings (SSSR count). The Bertz CT molecular complexity index is 513. The van der Waals surface area contributed by atoms with E-state index in [9.17, 15) is 0 Å². The highest BCUT2D eigenvalue weighted by Gasteiger charge is 2.00. The van der Waals surface area contributed by atoms with Crippen molar-refractivity contribution in [3.63, 3.8) is 0 Å². The van der Waals surface area contributed by atoms with Gasteiger partial charge in [0.15, 0.2) is 0 Å². The summed E-state index contributed by atoms with van der Waals surface area (Å²) in [5, 5.41) is 8.53. The Morgan fingerprint density at radius 3 is 3.05 bits per heavy atom. The highest BCUT2D eigenvalue weighted by atomic mass is 35.5. The normalized spacial score (nSPS) is 10.8. The van der Waals surface area contributed by atoms with Crippen molar-refractivity contribution in [1.82, 2.24) is 15.1 Å². The van der Waals surface area contributed by atoms with Crippen molar-refractivity contribution in [2.24, 2.45) is 0 Å². The van der Waals surface area contributed by atoms with E-state index in [-0.39, 0.29) is 0 Å². The van der Waals surface area contributed by atoms with Crippen molar-refractivity contribution >= 4 is 11.6 Å². The Hall–Kier alpha value is -1.36. The van der Waals surface area contributed by atoms with Gasteiger partial charge in [0.2, 0.25) is 0 Å². The van der Waals surface area contributed by atoms with Crippen LogP contribution in [0.25, 0.3) is 0 Å². The first-order chi connectivity index (χ1) is 9.28. The molecular formula is C14H18ClN3O. The number of methoxy groups -OCH3 is 1. The smallest absolute Gasteiger partial charge is 0.0762 e. The lowest BCUT2D eigenvalue weighted by molar-refractivity contribution is 0.199. The first-order valence-electron chi connectivity index (χ1n) is 6.24. The molecule has 0 aliphatic carbocycles. The lowest BCUT2D eigenvalue weighted by Gasteiger charge is -2.03. The quantitative estimate of drug-likeness (QED) is 0.791. The number of halogens is 1. The minimum Gasteiger partial charge on any atom is -0.383 e. The molecule has 0 amide bonds. The van der Waals surface area contributed by atoms with Gasteiger partial charge < -0.3 is 10.1 Å². The molecule has 19 heavy (non-hydrogen) atoms. The molecule has 0 fully saturated rings. The van der Waals surface area contributed by atoms with Gasteiger partial charge in [-0.05, 0) is 23.8 Å². The standard InChI is InChI=1S/C14H18ClN3O/c1-19-8-6-16-10-14-5-7-18(17-14)11-12-3-2-4-13(15)9-12/h2-5,7,9,16H,6,8,10-11H2,1H3. The molecule has 0 spiro atoms. The van der Waals surface area contributed by atoms with Crippen molar-refractivity contribution < 1.29 is 4.74 Å². The summed E-state index contributed by atoms with van der Waals surface area (Å²) in [6, 6.07) is 9.85. The molecule has 5 heteroatoms. The van der Waals surface area contributed by atoms with Gasteiger partial charge in [0.05, 0.1) is 18.8 Å². The fourth-order valence-electron chi connectivity index (χ4n) is 1.80. The van der Waals surface area contributed by atoms with E-state index in [2.05, 4.69) is 10.4 Å². The third-order valence-corrected chi connectivity index (χ3v) is 2.95. The molecule has 0 radical (unpaired) electrons. The average Bonchev–Trinajstić information content (AvgIpc) is 2.82. The number of benzene rings is 1. The van der Waals surface area contributed by atoms with Gasteiger partial charge in [-0.15, -0.1) is 0 Å². The lowest BCUT2D eigenvalue weighted by atomic mass is 10.2. The Labute approximate surface area is 118 Å². The maximum atomic E-state index is 5.96. The van der Waals surface area contributed by atoms with Crippen LogP contribution in [0.3, 0.4) is 0 Å². The fourth-order valence-corrected chi connectivity index (χ4v) is 2.01. The van der Waals surface area contributed by atoms with E-state index in [1.807, 2.05) is 41.2 Å². The molecule has 1 aromatic carbocycles. The predicted octanol–water partition coefficient (Wildman–Crippen LogP) is 2.32. The molecule has 0 saturated heterocycles. The van der Waals surface area contributed by atoms with E-state index in [1.165, 1.54) is 0 Å². The van der Waals surface area contributed by atoms with Crippen LogP contribution in [0.5, 0.6) is 0 Å². The average molecular weight is 280 g/mol. The Morgan fingerprint density at radius 2 is 2.26 bits per heavy atom. The number of hydrogen-bond acceptors (Lipinski definition) is 3. The van der Waals surface area contributed by atoms with E-state index in [1.54, 1.807) is 7.11 Å². The zero-order valence-corrected chi connectivity index (χ0v) is 11.7. The number of hydrogen-bond donors (Lipinski definition) is 1. The molecule has 0 saturated carbocycles. The van der Waals surface area contributed by atoms with E-state index < -0.39 is 0 Å². The van der Waals surface area contributed by atoms with Gasteiger partial charge in [0.1, 0.15) is 0 Å². The summed E-state index contributed by atoms with van der Waals surface area (Å²) in [6.45, 7) is 3.03. The number of nitrogens with one attached hydrogen (secondary N) is 1. The molecule has 4 nitrogen and oxygen atoms in total. The molecule has 0 unspecified atom stereocenters. The van der Waals surface area contributed by atoms with Crippen LogP contribution in [0, 0.1) is 0 Å². The van der Waals surface area contributed by atoms with Crippen molar-refractivity contribution in [2.75, 3.05) is 20.3 Å². The van der Waals surface area contributed by atoms with E-state index in [4.69, 9.17) is 16.3 Å². The van der Waals surface area contributed by atoms with Gasteiger partial charge in [-0.3, -0.25) is 4.68 Å². The predicted molar refractivity (Wildman–Crippen MR) is 76.4 cm³/mol. The van der Waals surface area contributed by atoms with Crippen molar-refractivity contribution in [2.45, 2.75) is 13.1 Å². The molecule has 0 bridgehead atoms. The molecule has 1 heterocycles. The summed E-state index contributed by atoms with van der Waals surface area (Å²) in [6.07, 6.45) is 1.98. The lowest BCUT2D eigenvalue weighted by Crippen LogP contribution is -2.19. The van der Waals surface area contributed by atoms with Crippen molar-refractivity contribution in [3.05, 3.63) is 52.8 Å². The number of aromatic nitrogens is 2. The van der Waals surface area contributed by atoms with Gasteiger partial charge >= 0.3 is 0 Å². The van der Waals surface area contributed by atoms with Crippen molar-refractivity contribution in [1.29, 1.82) is 0 Å². The highest BCUT2D eigenvalue weighted by Crippen LogP contribution is 2.11. The maximum absolute atomic E-state index is 5.96. The minimum atomic E-state index is 0.712. The van der Waals surface area contributed by atoms with Gasteiger partial charge in [0, 0.05) is 31.4 Å². The third-order valence-electron chi connectivity index (χ3n) is 2.72. The van der Waals surface area contributed by atoms with Crippen LogP contribution in [0.1, 0.15) is 11.3 Å². The first-order valence-corrected chi connectivity index (χ1v) is 6.62. The number of ether oxygens (including phenoxy) is 1. The summed E-state index contributed by atoms with van der Waals surface area (Å²) >= 11 is 5.96. The minimum absolute atomic E-state index is 0.712.